The summed E-state index contributed by atoms with van der Waals surface area (Å²) < 4.78 is 32.9. The molecule has 0 radical (unpaired) electrons. The summed E-state index contributed by atoms with van der Waals surface area (Å²) in [6.07, 6.45) is 1.98. The Hall–Kier alpha value is -3.15. The van der Waals surface area contributed by atoms with E-state index in [4.69, 9.17) is 32.0 Å². The van der Waals surface area contributed by atoms with Gasteiger partial charge in [0.25, 0.3) is 22.4 Å². The van der Waals surface area contributed by atoms with Gasteiger partial charge in [-0.3, -0.25) is 9.59 Å². The van der Waals surface area contributed by atoms with Crippen molar-refractivity contribution in [3.63, 3.8) is 0 Å². The van der Waals surface area contributed by atoms with Crippen molar-refractivity contribution < 1.29 is 27.9 Å². The molecule has 2 aromatic heterocycles. The van der Waals surface area contributed by atoms with Crippen LogP contribution in [0.4, 0.5) is 5.69 Å². The van der Waals surface area contributed by atoms with Gasteiger partial charge in [0.15, 0.2) is 6.61 Å². The lowest BCUT2D eigenvalue weighted by molar-refractivity contribution is -0.123. The minimum atomic E-state index is -3.92. The molecule has 0 spiro atoms. The Kier molecular flexibility index (Phi) is 6.25. The monoisotopic (exact) mass is 452 g/mol. The van der Waals surface area contributed by atoms with Gasteiger partial charge in [0.05, 0.1) is 21.6 Å². The van der Waals surface area contributed by atoms with Crippen LogP contribution < -0.4 is 15.8 Å². The van der Waals surface area contributed by atoms with Crippen molar-refractivity contribution in [2.75, 3.05) is 18.5 Å². The summed E-state index contributed by atoms with van der Waals surface area (Å²) in [5, 5.41) is 9.79. The van der Waals surface area contributed by atoms with Crippen molar-refractivity contribution in [3.8, 4) is 5.75 Å². The highest BCUT2D eigenvalue weighted by Gasteiger charge is 2.25. The molecule has 3 heterocycles. The zero-order valence-electron chi connectivity index (χ0n) is 15.4. The fourth-order valence-corrected chi connectivity index (χ4v) is 4.52. The van der Waals surface area contributed by atoms with Crippen LogP contribution in [0.2, 0.25) is 5.15 Å². The molecule has 0 atom stereocenters. The maximum atomic E-state index is 13.2. The molecule has 30 heavy (non-hydrogen) atoms. The fraction of sp³-hybridized carbons (Fsp3) is 0.167. The van der Waals surface area contributed by atoms with E-state index in [1.54, 1.807) is 6.07 Å². The average Bonchev–Trinajstić information content (AvgIpc) is 3.07. The Morgan fingerprint density at radius 2 is 2.07 bits per heavy atom. The molecule has 0 aliphatic carbocycles. The topological polar surface area (TPSA) is 154 Å². The highest BCUT2D eigenvalue weighted by atomic mass is 35.5. The van der Waals surface area contributed by atoms with E-state index in [1.807, 2.05) is 0 Å². The van der Waals surface area contributed by atoms with Crippen molar-refractivity contribution in [1.29, 1.82) is 0 Å². The third kappa shape index (κ3) is 4.08. The van der Waals surface area contributed by atoms with Crippen LogP contribution in [0.5, 0.6) is 5.75 Å². The largest absolute Gasteiger partial charge is 0.483 e. The molecule has 0 saturated carbocycles. The van der Waals surface area contributed by atoms with Crippen molar-refractivity contribution in [3.05, 3.63) is 47.2 Å². The highest BCUT2D eigenvalue weighted by Crippen LogP contribution is 2.32. The Bertz CT molecular complexity index is 1220. The molecule has 0 fully saturated rings. The number of hydrogen-bond acceptors (Lipinski definition) is 7. The van der Waals surface area contributed by atoms with E-state index in [0.717, 1.165) is 0 Å². The number of ether oxygens (including phenoxy) is 1. The number of fused-ring (bicyclic) bond motifs is 2. The lowest BCUT2D eigenvalue weighted by Gasteiger charge is -2.18. The molecule has 0 bridgehead atoms. The number of benzene rings is 1. The van der Waals surface area contributed by atoms with Gasteiger partial charge in [-0.05, 0) is 42.8 Å². The van der Waals surface area contributed by atoms with Crippen LogP contribution in [-0.2, 0) is 26.0 Å². The van der Waals surface area contributed by atoms with Crippen molar-refractivity contribution in [2.45, 2.75) is 11.3 Å². The first-order chi connectivity index (χ1) is 14.3. The number of amides is 1. The molecule has 3 aromatic rings. The Balaban J connectivity index is 0.000000806. The predicted octanol–water partition coefficient (Wildman–Crippen LogP) is 1.46. The summed E-state index contributed by atoms with van der Waals surface area (Å²) in [6, 6.07) is 7.45. The number of halogens is 1. The van der Waals surface area contributed by atoms with Crippen LogP contribution in [-0.4, -0.2) is 48.0 Å². The summed E-state index contributed by atoms with van der Waals surface area (Å²) in [5.74, 6) is 0.0133. The van der Waals surface area contributed by atoms with E-state index >= 15 is 0 Å². The van der Waals surface area contributed by atoms with Gasteiger partial charge in [-0.2, -0.15) is 0 Å². The Morgan fingerprint density at radius 1 is 1.33 bits per heavy atom. The Labute approximate surface area is 176 Å². The SMILES string of the molecule is NCCc1cn(S(=O)(=O)c2ccc3c(c2)OCC(=O)N3)c2ccc(Cl)nc12.O=CO. The third-order valence-corrected chi connectivity index (χ3v) is 6.09. The van der Waals surface area contributed by atoms with Gasteiger partial charge >= 0.3 is 0 Å². The number of rotatable bonds is 4. The van der Waals surface area contributed by atoms with Crippen LogP contribution >= 0.6 is 11.6 Å². The molecule has 0 saturated heterocycles. The molecule has 1 aromatic carbocycles. The maximum absolute atomic E-state index is 13.2. The van der Waals surface area contributed by atoms with E-state index in [0.29, 0.717) is 41.0 Å². The first kappa shape index (κ1) is 21.6. The standard InChI is InChI=1S/C17H15ClN4O4S.CH2O2/c18-15-4-3-13-17(21-15)10(5-6-19)8-22(13)27(24,25)11-1-2-12-14(7-11)26-9-16(23)20-12;2-1-3/h1-4,7-8H,5-6,9,19H2,(H,20,23);1H,(H,2,3). The molecule has 1 aliphatic heterocycles. The normalized spacial score (nSPS) is 12.9. The summed E-state index contributed by atoms with van der Waals surface area (Å²) in [4.78, 5) is 24.0. The highest BCUT2D eigenvalue weighted by molar-refractivity contribution is 7.90. The van der Waals surface area contributed by atoms with Gasteiger partial charge in [-0.1, -0.05) is 11.6 Å². The number of aromatic nitrogens is 2. The minimum Gasteiger partial charge on any atom is -0.483 e. The van der Waals surface area contributed by atoms with Crippen LogP contribution in [0.3, 0.4) is 0 Å². The number of carbonyl (C=O) groups is 2. The second kappa shape index (κ2) is 8.69. The first-order valence-electron chi connectivity index (χ1n) is 8.58. The lowest BCUT2D eigenvalue weighted by atomic mass is 10.2. The van der Waals surface area contributed by atoms with Gasteiger partial charge in [0.1, 0.15) is 10.9 Å². The molecule has 4 N–H and O–H groups in total. The Morgan fingerprint density at radius 3 is 2.77 bits per heavy atom. The van der Waals surface area contributed by atoms with Crippen molar-refractivity contribution >= 4 is 50.7 Å². The van der Waals surface area contributed by atoms with Crippen LogP contribution in [0.25, 0.3) is 11.0 Å². The van der Waals surface area contributed by atoms with Crippen LogP contribution in [0, 0.1) is 0 Å². The molecule has 10 nitrogen and oxygen atoms in total. The maximum Gasteiger partial charge on any atom is 0.290 e. The quantitative estimate of drug-likeness (QED) is 0.397. The minimum absolute atomic E-state index is 0.0311. The first-order valence-corrected chi connectivity index (χ1v) is 10.4. The average molecular weight is 453 g/mol. The molecule has 158 valence electrons. The summed E-state index contributed by atoms with van der Waals surface area (Å²) in [6.45, 7) is -0.0637. The molecule has 4 rings (SSSR count). The second-order valence-electron chi connectivity index (χ2n) is 6.10. The summed E-state index contributed by atoms with van der Waals surface area (Å²) in [7, 11) is -3.92. The van der Waals surface area contributed by atoms with E-state index in [-0.39, 0.29) is 29.0 Å². The van der Waals surface area contributed by atoms with E-state index in [2.05, 4.69) is 10.3 Å². The number of nitrogens with zero attached hydrogens (tertiary/aromatic N) is 2. The molecule has 1 aliphatic rings. The lowest BCUT2D eigenvalue weighted by Crippen LogP contribution is -2.25. The number of hydrogen-bond donors (Lipinski definition) is 3. The number of anilines is 1. The molecule has 12 heteroatoms. The van der Waals surface area contributed by atoms with E-state index in [1.165, 1.54) is 34.4 Å². The molecular weight excluding hydrogens is 436 g/mol. The molecule has 1 amide bonds. The smallest absolute Gasteiger partial charge is 0.290 e. The summed E-state index contributed by atoms with van der Waals surface area (Å²) in [5.41, 5.74) is 7.67. The van der Waals surface area contributed by atoms with Crippen molar-refractivity contribution in [2.24, 2.45) is 5.73 Å². The molecular formula is C18H17ClN4O6S. The molecule has 0 unspecified atom stereocenters. The van der Waals surface area contributed by atoms with E-state index < -0.39 is 10.0 Å². The van der Waals surface area contributed by atoms with Gasteiger partial charge in [0.2, 0.25) is 0 Å². The van der Waals surface area contributed by atoms with Gasteiger partial charge in [0, 0.05) is 12.3 Å². The summed E-state index contributed by atoms with van der Waals surface area (Å²) >= 11 is 5.97. The van der Waals surface area contributed by atoms with Gasteiger partial charge in [-0.25, -0.2) is 17.4 Å². The number of pyridine rings is 1. The number of nitrogens with one attached hydrogen (secondary N) is 1. The van der Waals surface area contributed by atoms with Gasteiger partial charge < -0.3 is 20.9 Å². The predicted molar refractivity (Wildman–Crippen MR) is 109 cm³/mol. The van der Waals surface area contributed by atoms with Crippen molar-refractivity contribution in [1.82, 2.24) is 8.96 Å². The number of carbonyl (C=O) groups excluding carboxylic acids is 1. The van der Waals surface area contributed by atoms with E-state index in [9.17, 15) is 13.2 Å². The number of nitrogens with two attached hydrogens (primary N) is 1. The number of carboxylic acid groups (broad SMARTS) is 1. The van der Waals surface area contributed by atoms with Crippen LogP contribution in [0.1, 0.15) is 5.56 Å². The zero-order valence-corrected chi connectivity index (χ0v) is 17.0. The third-order valence-electron chi connectivity index (χ3n) is 4.21. The fourth-order valence-electron chi connectivity index (χ4n) is 2.98. The van der Waals surface area contributed by atoms with Gasteiger partial charge in [-0.15, -0.1) is 0 Å². The zero-order chi connectivity index (χ0) is 21.9. The van der Waals surface area contributed by atoms with Crippen LogP contribution in [0.15, 0.2) is 41.4 Å². The second-order valence-corrected chi connectivity index (χ2v) is 8.30.